The van der Waals surface area contributed by atoms with Crippen LogP contribution in [-0.4, -0.2) is 46.8 Å². The molecule has 1 N–H and O–H groups in total. The van der Waals surface area contributed by atoms with Crippen LogP contribution in [0.25, 0.3) is 0 Å². The Balaban J connectivity index is 2.80. The Morgan fingerprint density at radius 3 is 2.38 bits per heavy atom. The maximum Gasteiger partial charge on any atom is 0.154 e. The van der Waals surface area contributed by atoms with Crippen molar-refractivity contribution in [3.05, 3.63) is 29.8 Å². The summed E-state index contributed by atoms with van der Waals surface area (Å²) in [5.41, 5.74) is 0.946. The first kappa shape index (κ1) is 17.9. The molecule has 0 radical (unpaired) electrons. The van der Waals surface area contributed by atoms with E-state index in [0.29, 0.717) is 13.2 Å². The van der Waals surface area contributed by atoms with E-state index >= 15 is 0 Å². The highest BCUT2D eigenvalue weighted by molar-refractivity contribution is 7.91. The van der Waals surface area contributed by atoms with E-state index in [1.54, 1.807) is 0 Å². The van der Waals surface area contributed by atoms with E-state index in [9.17, 15) is 8.42 Å². The van der Waals surface area contributed by atoms with Crippen molar-refractivity contribution in [2.24, 2.45) is 0 Å². The van der Waals surface area contributed by atoms with Gasteiger partial charge in [-0.3, -0.25) is 0 Å². The zero-order valence-electron chi connectivity index (χ0n) is 13.0. The van der Waals surface area contributed by atoms with E-state index < -0.39 is 9.84 Å². The summed E-state index contributed by atoms with van der Waals surface area (Å²) < 4.78 is 34.4. The number of methoxy groups -OCH3 is 1. The molecule has 0 aliphatic carbocycles. The minimum atomic E-state index is -3.15. The first-order valence-corrected chi connectivity index (χ1v) is 9.00. The lowest BCUT2D eigenvalue weighted by atomic mass is 10.1. The second-order valence-corrected chi connectivity index (χ2v) is 6.95. The molecule has 0 aliphatic heterocycles. The first-order valence-electron chi connectivity index (χ1n) is 7.18. The zero-order chi connectivity index (χ0) is 15.7. The lowest BCUT2D eigenvalue weighted by Crippen LogP contribution is -2.30. The van der Waals surface area contributed by atoms with Crippen molar-refractivity contribution < 1.29 is 17.9 Å². The van der Waals surface area contributed by atoms with Crippen LogP contribution in [0.5, 0.6) is 5.75 Å². The topological polar surface area (TPSA) is 64.6 Å². The number of benzene rings is 1. The zero-order valence-corrected chi connectivity index (χ0v) is 13.8. The molecule has 1 aromatic rings. The summed E-state index contributed by atoms with van der Waals surface area (Å²) in [6.45, 7) is 5.44. The van der Waals surface area contributed by atoms with E-state index in [1.165, 1.54) is 7.11 Å². The van der Waals surface area contributed by atoms with E-state index in [1.807, 2.05) is 38.1 Å². The molecule has 0 bridgehead atoms. The second kappa shape index (κ2) is 9.02. The fourth-order valence-corrected chi connectivity index (χ4v) is 3.44. The van der Waals surface area contributed by atoms with Gasteiger partial charge in [-0.25, -0.2) is 8.42 Å². The molecule has 0 saturated carbocycles. The quantitative estimate of drug-likeness (QED) is 0.713. The Morgan fingerprint density at radius 2 is 1.86 bits per heavy atom. The van der Waals surface area contributed by atoms with Gasteiger partial charge in [0, 0.05) is 13.2 Å². The molecule has 0 saturated heterocycles. The molecule has 5 nitrogen and oxygen atoms in total. The monoisotopic (exact) mass is 315 g/mol. The fourth-order valence-electron chi connectivity index (χ4n) is 2.03. The Morgan fingerprint density at radius 1 is 1.19 bits per heavy atom. The van der Waals surface area contributed by atoms with E-state index in [4.69, 9.17) is 9.47 Å². The molecule has 1 atom stereocenters. The maximum absolute atomic E-state index is 12.1. The summed E-state index contributed by atoms with van der Waals surface area (Å²) in [5, 5.41) is 3.22. The lowest BCUT2D eigenvalue weighted by Gasteiger charge is -2.19. The van der Waals surface area contributed by atoms with Crippen LogP contribution in [0.2, 0.25) is 0 Å². The van der Waals surface area contributed by atoms with Crippen LogP contribution in [0.15, 0.2) is 24.3 Å². The van der Waals surface area contributed by atoms with Gasteiger partial charge in [0.25, 0.3) is 0 Å². The van der Waals surface area contributed by atoms with Gasteiger partial charge in [-0.2, -0.15) is 0 Å². The van der Waals surface area contributed by atoms with Crippen molar-refractivity contribution in [3.8, 4) is 5.75 Å². The third-order valence-corrected chi connectivity index (χ3v) is 4.69. The molecule has 0 spiro atoms. The highest BCUT2D eigenvalue weighted by atomic mass is 32.2. The molecule has 1 aromatic carbocycles. The van der Waals surface area contributed by atoms with E-state index in [-0.39, 0.29) is 24.2 Å². The Labute approximate surface area is 127 Å². The summed E-state index contributed by atoms with van der Waals surface area (Å²) in [5.74, 6) is 0.902. The van der Waals surface area contributed by atoms with Gasteiger partial charge in [-0.05, 0) is 31.2 Å². The molecular weight excluding hydrogens is 290 g/mol. The Hall–Kier alpha value is -1.11. The summed E-state index contributed by atoms with van der Waals surface area (Å²) in [6, 6.07) is 7.33. The van der Waals surface area contributed by atoms with Crippen LogP contribution in [0.4, 0.5) is 0 Å². The van der Waals surface area contributed by atoms with Crippen molar-refractivity contribution in [2.45, 2.75) is 19.9 Å². The van der Waals surface area contributed by atoms with E-state index in [2.05, 4.69) is 5.32 Å². The minimum absolute atomic E-state index is 0.0441. The van der Waals surface area contributed by atoms with Gasteiger partial charge < -0.3 is 14.8 Å². The van der Waals surface area contributed by atoms with Crippen LogP contribution in [-0.2, 0) is 14.6 Å². The molecule has 0 amide bonds. The predicted molar refractivity (Wildman–Crippen MR) is 84.6 cm³/mol. The smallest absolute Gasteiger partial charge is 0.154 e. The molecule has 6 heteroatoms. The number of sulfone groups is 1. The summed E-state index contributed by atoms with van der Waals surface area (Å²) in [7, 11) is -1.65. The Bertz CT molecular complexity index is 499. The third-order valence-electron chi connectivity index (χ3n) is 3.06. The van der Waals surface area contributed by atoms with Crippen LogP contribution < -0.4 is 10.1 Å². The average molecular weight is 315 g/mol. The van der Waals surface area contributed by atoms with Gasteiger partial charge in [0.05, 0.1) is 24.7 Å². The number of hydrogen-bond acceptors (Lipinski definition) is 5. The van der Waals surface area contributed by atoms with Gasteiger partial charge in [0.1, 0.15) is 5.75 Å². The molecule has 0 aromatic heterocycles. The molecule has 120 valence electrons. The summed E-state index contributed by atoms with van der Waals surface area (Å²) in [6.07, 6.45) is 0. The van der Waals surface area contributed by atoms with Crippen molar-refractivity contribution in [1.29, 1.82) is 0 Å². The molecule has 0 fully saturated rings. The van der Waals surface area contributed by atoms with Crippen LogP contribution >= 0.6 is 0 Å². The number of nitrogens with one attached hydrogen (secondary N) is 1. The first-order chi connectivity index (χ1) is 10.0. The largest absolute Gasteiger partial charge is 0.494 e. The average Bonchev–Trinajstić information content (AvgIpc) is 2.46. The molecule has 21 heavy (non-hydrogen) atoms. The van der Waals surface area contributed by atoms with Gasteiger partial charge in [0.15, 0.2) is 9.84 Å². The molecular formula is C15H25NO4S. The highest BCUT2D eigenvalue weighted by Gasteiger charge is 2.20. The highest BCUT2D eigenvalue weighted by Crippen LogP contribution is 2.19. The fraction of sp³-hybridized carbons (Fsp3) is 0.600. The second-order valence-electron chi connectivity index (χ2n) is 4.72. The summed E-state index contributed by atoms with van der Waals surface area (Å²) >= 11 is 0. The standard InChI is InChI=1S/C15H25NO4S/c1-4-16-15(12-21(17,18)11-10-19-3)13-6-8-14(9-7-13)20-5-2/h6-9,15-16H,4-5,10-12H2,1-3H3. The molecule has 0 heterocycles. The van der Waals surface area contributed by atoms with Crippen molar-refractivity contribution in [3.63, 3.8) is 0 Å². The number of rotatable bonds is 10. The molecule has 1 rings (SSSR count). The molecule has 1 unspecified atom stereocenters. The van der Waals surface area contributed by atoms with Crippen LogP contribution in [0.1, 0.15) is 25.5 Å². The van der Waals surface area contributed by atoms with Crippen LogP contribution in [0.3, 0.4) is 0 Å². The van der Waals surface area contributed by atoms with Crippen molar-refractivity contribution >= 4 is 9.84 Å². The van der Waals surface area contributed by atoms with Gasteiger partial charge >= 0.3 is 0 Å². The number of ether oxygens (including phenoxy) is 2. The number of hydrogen-bond donors (Lipinski definition) is 1. The van der Waals surface area contributed by atoms with E-state index in [0.717, 1.165) is 11.3 Å². The maximum atomic E-state index is 12.1. The SMILES string of the molecule is CCNC(CS(=O)(=O)CCOC)c1ccc(OCC)cc1. The molecule has 0 aliphatic rings. The van der Waals surface area contributed by atoms with Crippen LogP contribution in [0, 0.1) is 0 Å². The van der Waals surface area contributed by atoms with Gasteiger partial charge in [-0.1, -0.05) is 19.1 Å². The predicted octanol–water partition coefficient (Wildman–Crippen LogP) is 1.80. The normalized spacial score (nSPS) is 13.1. The van der Waals surface area contributed by atoms with Gasteiger partial charge in [0.2, 0.25) is 0 Å². The van der Waals surface area contributed by atoms with Crippen molar-refractivity contribution in [1.82, 2.24) is 5.32 Å². The summed E-state index contributed by atoms with van der Waals surface area (Å²) in [4.78, 5) is 0. The van der Waals surface area contributed by atoms with Crippen molar-refractivity contribution in [2.75, 3.05) is 38.4 Å². The minimum Gasteiger partial charge on any atom is -0.494 e. The third kappa shape index (κ3) is 6.46. The lowest BCUT2D eigenvalue weighted by molar-refractivity contribution is 0.217. The van der Waals surface area contributed by atoms with Gasteiger partial charge in [-0.15, -0.1) is 0 Å². The Kier molecular flexibility index (Phi) is 7.71.